The third kappa shape index (κ3) is 4.35. The Morgan fingerprint density at radius 3 is 2.53 bits per heavy atom. The molecule has 1 N–H and O–H groups in total. The molecule has 5 nitrogen and oxygen atoms in total. The summed E-state index contributed by atoms with van der Waals surface area (Å²) in [4.78, 5) is 13.6. The van der Waals surface area contributed by atoms with Gasteiger partial charge in [-0.1, -0.05) is 13.3 Å². The fraction of sp³-hybridized carbons (Fsp3) is 0.500. The number of ether oxygens (including phenoxy) is 2. The Labute approximate surface area is 114 Å². The van der Waals surface area contributed by atoms with Crippen molar-refractivity contribution in [1.82, 2.24) is 4.90 Å². The van der Waals surface area contributed by atoms with Crippen molar-refractivity contribution in [1.29, 1.82) is 0 Å². The Hall–Kier alpha value is -1.91. The van der Waals surface area contributed by atoms with Gasteiger partial charge >= 0.3 is 6.03 Å². The summed E-state index contributed by atoms with van der Waals surface area (Å²) in [5, 5.41) is 2.83. The Balaban J connectivity index is 2.69. The summed E-state index contributed by atoms with van der Waals surface area (Å²) >= 11 is 0. The number of hydrogen-bond acceptors (Lipinski definition) is 3. The highest BCUT2D eigenvalue weighted by molar-refractivity contribution is 5.89. The van der Waals surface area contributed by atoms with Crippen LogP contribution in [0.4, 0.5) is 10.5 Å². The van der Waals surface area contributed by atoms with E-state index in [1.165, 1.54) is 0 Å². The maximum absolute atomic E-state index is 11.9. The predicted octanol–water partition coefficient (Wildman–Crippen LogP) is 2.97. The summed E-state index contributed by atoms with van der Waals surface area (Å²) in [6, 6.07) is 5.17. The number of amides is 2. The van der Waals surface area contributed by atoms with Crippen molar-refractivity contribution in [2.24, 2.45) is 0 Å². The first-order valence-corrected chi connectivity index (χ1v) is 6.36. The van der Waals surface area contributed by atoms with Gasteiger partial charge < -0.3 is 19.7 Å². The molecular weight excluding hydrogens is 244 g/mol. The van der Waals surface area contributed by atoms with Gasteiger partial charge in [0.2, 0.25) is 0 Å². The van der Waals surface area contributed by atoms with Crippen LogP contribution in [0.5, 0.6) is 11.5 Å². The van der Waals surface area contributed by atoms with E-state index in [0.717, 1.165) is 19.4 Å². The molecule has 0 aliphatic carbocycles. The molecule has 19 heavy (non-hydrogen) atoms. The molecule has 0 radical (unpaired) electrons. The minimum Gasteiger partial charge on any atom is -0.493 e. The summed E-state index contributed by atoms with van der Waals surface area (Å²) in [6.07, 6.45) is 2.06. The van der Waals surface area contributed by atoms with E-state index in [0.29, 0.717) is 17.2 Å². The number of nitrogens with one attached hydrogen (secondary N) is 1. The predicted molar refractivity (Wildman–Crippen MR) is 76.1 cm³/mol. The first-order chi connectivity index (χ1) is 9.12. The Morgan fingerprint density at radius 1 is 1.26 bits per heavy atom. The fourth-order valence-electron chi connectivity index (χ4n) is 1.63. The second-order valence-electron chi connectivity index (χ2n) is 4.28. The van der Waals surface area contributed by atoms with Gasteiger partial charge in [0.05, 0.1) is 14.2 Å². The van der Waals surface area contributed by atoms with Crippen molar-refractivity contribution < 1.29 is 14.3 Å². The molecule has 5 heteroatoms. The van der Waals surface area contributed by atoms with Crippen LogP contribution in [0.1, 0.15) is 19.8 Å². The first-order valence-electron chi connectivity index (χ1n) is 6.36. The largest absolute Gasteiger partial charge is 0.493 e. The van der Waals surface area contributed by atoms with Crippen LogP contribution in [0.3, 0.4) is 0 Å². The summed E-state index contributed by atoms with van der Waals surface area (Å²) < 4.78 is 10.3. The Bertz CT molecular complexity index is 421. The SMILES string of the molecule is CCCCN(C)C(=O)Nc1ccc(OC)c(OC)c1. The summed E-state index contributed by atoms with van der Waals surface area (Å²) in [5.74, 6) is 1.23. The van der Waals surface area contributed by atoms with Crippen molar-refractivity contribution in [3.63, 3.8) is 0 Å². The van der Waals surface area contributed by atoms with E-state index in [1.807, 2.05) is 0 Å². The molecule has 0 bridgehead atoms. The highest BCUT2D eigenvalue weighted by Crippen LogP contribution is 2.29. The lowest BCUT2D eigenvalue weighted by Gasteiger charge is -2.18. The molecule has 1 rings (SSSR count). The van der Waals surface area contributed by atoms with E-state index in [-0.39, 0.29) is 6.03 Å². The number of hydrogen-bond donors (Lipinski definition) is 1. The van der Waals surface area contributed by atoms with Crippen LogP contribution >= 0.6 is 0 Å². The van der Waals surface area contributed by atoms with Gasteiger partial charge in [-0.2, -0.15) is 0 Å². The van der Waals surface area contributed by atoms with Crippen LogP contribution in [-0.2, 0) is 0 Å². The van der Waals surface area contributed by atoms with Crippen LogP contribution in [0, 0.1) is 0 Å². The van der Waals surface area contributed by atoms with E-state index >= 15 is 0 Å². The normalized spacial score (nSPS) is 9.89. The van der Waals surface area contributed by atoms with Crippen LogP contribution in [0.15, 0.2) is 18.2 Å². The van der Waals surface area contributed by atoms with Crippen LogP contribution in [0.2, 0.25) is 0 Å². The first kappa shape index (κ1) is 15.1. The smallest absolute Gasteiger partial charge is 0.321 e. The number of carbonyl (C=O) groups excluding carboxylic acids is 1. The molecule has 0 spiro atoms. The monoisotopic (exact) mass is 266 g/mol. The average molecular weight is 266 g/mol. The van der Waals surface area contributed by atoms with Crippen LogP contribution in [0.25, 0.3) is 0 Å². The number of methoxy groups -OCH3 is 2. The molecular formula is C14H22N2O3. The molecule has 2 amide bonds. The lowest BCUT2D eigenvalue weighted by molar-refractivity contribution is 0.222. The van der Waals surface area contributed by atoms with Gasteiger partial charge in [-0.15, -0.1) is 0 Å². The van der Waals surface area contributed by atoms with Gasteiger partial charge in [0.1, 0.15) is 0 Å². The third-order valence-corrected chi connectivity index (χ3v) is 2.83. The molecule has 0 saturated heterocycles. The molecule has 106 valence electrons. The number of nitrogens with zero attached hydrogens (tertiary/aromatic N) is 1. The minimum atomic E-state index is -0.124. The number of anilines is 1. The Kier molecular flexibility index (Phi) is 5.99. The highest BCUT2D eigenvalue weighted by atomic mass is 16.5. The molecule has 0 unspecified atom stereocenters. The molecule has 1 aromatic rings. The maximum Gasteiger partial charge on any atom is 0.321 e. The van der Waals surface area contributed by atoms with Crippen molar-refractivity contribution in [3.8, 4) is 11.5 Å². The quantitative estimate of drug-likeness (QED) is 0.861. The van der Waals surface area contributed by atoms with Gasteiger partial charge in [0.25, 0.3) is 0 Å². The Morgan fingerprint density at radius 2 is 1.95 bits per heavy atom. The van der Waals surface area contributed by atoms with E-state index < -0.39 is 0 Å². The topological polar surface area (TPSA) is 50.8 Å². The second-order valence-corrected chi connectivity index (χ2v) is 4.28. The minimum absolute atomic E-state index is 0.124. The lowest BCUT2D eigenvalue weighted by Crippen LogP contribution is -2.32. The number of carbonyl (C=O) groups is 1. The van der Waals surface area contributed by atoms with Gasteiger partial charge in [0.15, 0.2) is 11.5 Å². The van der Waals surface area contributed by atoms with E-state index in [1.54, 1.807) is 44.4 Å². The second kappa shape index (κ2) is 7.51. The summed E-state index contributed by atoms with van der Waals surface area (Å²) in [5.41, 5.74) is 0.686. The molecule has 1 aromatic carbocycles. The zero-order valence-electron chi connectivity index (χ0n) is 12.0. The van der Waals surface area contributed by atoms with Gasteiger partial charge in [-0.05, 0) is 18.6 Å². The summed E-state index contributed by atoms with van der Waals surface area (Å²) in [7, 11) is 4.93. The van der Waals surface area contributed by atoms with Crippen LogP contribution in [-0.4, -0.2) is 38.7 Å². The molecule has 0 atom stereocenters. The zero-order chi connectivity index (χ0) is 14.3. The van der Waals surface area contributed by atoms with Crippen molar-refractivity contribution >= 4 is 11.7 Å². The summed E-state index contributed by atoms with van der Waals surface area (Å²) in [6.45, 7) is 2.84. The zero-order valence-corrected chi connectivity index (χ0v) is 12.0. The van der Waals surface area contributed by atoms with E-state index in [4.69, 9.17) is 9.47 Å². The molecule has 0 fully saturated rings. The molecule has 0 aliphatic rings. The number of urea groups is 1. The van der Waals surface area contributed by atoms with Gasteiger partial charge in [-0.3, -0.25) is 0 Å². The molecule has 0 heterocycles. The number of rotatable bonds is 6. The number of benzene rings is 1. The van der Waals surface area contributed by atoms with Crippen molar-refractivity contribution in [3.05, 3.63) is 18.2 Å². The van der Waals surface area contributed by atoms with Crippen molar-refractivity contribution in [2.75, 3.05) is 33.1 Å². The van der Waals surface area contributed by atoms with E-state index in [2.05, 4.69) is 12.2 Å². The molecule has 0 aliphatic heterocycles. The third-order valence-electron chi connectivity index (χ3n) is 2.83. The van der Waals surface area contributed by atoms with Crippen LogP contribution < -0.4 is 14.8 Å². The highest BCUT2D eigenvalue weighted by Gasteiger charge is 2.10. The molecule has 0 aromatic heterocycles. The van der Waals surface area contributed by atoms with Gasteiger partial charge in [-0.25, -0.2) is 4.79 Å². The number of unbranched alkanes of at least 4 members (excludes halogenated alkanes) is 1. The maximum atomic E-state index is 11.9. The van der Waals surface area contributed by atoms with Crippen molar-refractivity contribution in [2.45, 2.75) is 19.8 Å². The molecule has 0 saturated carbocycles. The van der Waals surface area contributed by atoms with E-state index in [9.17, 15) is 4.79 Å². The lowest BCUT2D eigenvalue weighted by atomic mass is 10.2. The average Bonchev–Trinajstić information content (AvgIpc) is 2.44. The van der Waals surface area contributed by atoms with Gasteiger partial charge in [0, 0.05) is 25.3 Å². The fourth-order valence-corrected chi connectivity index (χ4v) is 1.63. The standard InChI is InChI=1S/C14H22N2O3/c1-5-6-9-16(2)14(17)15-11-7-8-12(18-3)13(10-11)19-4/h7-8,10H,5-6,9H2,1-4H3,(H,15,17).